The van der Waals surface area contributed by atoms with E-state index in [2.05, 4.69) is 5.32 Å². The van der Waals surface area contributed by atoms with Crippen LogP contribution in [-0.4, -0.2) is 24.0 Å². The van der Waals surface area contributed by atoms with E-state index in [1.807, 2.05) is 30.8 Å². The molecule has 1 fully saturated rings. The van der Waals surface area contributed by atoms with E-state index < -0.39 is 0 Å². The van der Waals surface area contributed by atoms with Crippen LogP contribution in [0.15, 0.2) is 18.2 Å². The second-order valence-electron chi connectivity index (χ2n) is 3.72. The standard InChI is InChI=1S/C12H17NO2S/c1-2-15-11-8-9(4-5-10(11)14)12-13-6-3-7-16-12/h4-5,8,12-14H,2-3,6-7H2,1H3. The normalized spacial score (nSPS) is 20.7. The Hall–Kier alpha value is -0.870. The average Bonchev–Trinajstić information content (AvgIpc) is 2.33. The number of phenolic OH excluding ortho intramolecular Hbond substituents is 1. The van der Waals surface area contributed by atoms with E-state index in [1.165, 1.54) is 17.7 Å². The molecule has 0 saturated carbocycles. The summed E-state index contributed by atoms with van der Waals surface area (Å²) in [6.45, 7) is 3.55. The molecule has 4 heteroatoms. The van der Waals surface area contributed by atoms with Gasteiger partial charge in [0, 0.05) is 0 Å². The van der Waals surface area contributed by atoms with E-state index in [1.54, 1.807) is 6.07 Å². The lowest BCUT2D eigenvalue weighted by molar-refractivity contribution is 0.317. The van der Waals surface area contributed by atoms with Crippen LogP contribution in [-0.2, 0) is 0 Å². The Kier molecular flexibility index (Phi) is 3.96. The summed E-state index contributed by atoms with van der Waals surface area (Å²) in [4.78, 5) is 0. The van der Waals surface area contributed by atoms with Crippen LogP contribution < -0.4 is 10.1 Å². The van der Waals surface area contributed by atoms with Crippen molar-refractivity contribution in [2.45, 2.75) is 18.7 Å². The summed E-state index contributed by atoms with van der Waals surface area (Å²) in [5, 5.41) is 13.4. The first-order valence-corrected chi connectivity index (χ1v) is 6.67. The van der Waals surface area contributed by atoms with E-state index >= 15 is 0 Å². The molecule has 0 aromatic heterocycles. The van der Waals surface area contributed by atoms with Crippen LogP contribution in [0.25, 0.3) is 0 Å². The summed E-state index contributed by atoms with van der Waals surface area (Å²) in [6.07, 6.45) is 1.22. The average molecular weight is 239 g/mol. The first kappa shape index (κ1) is 11.6. The van der Waals surface area contributed by atoms with Gasteiger partial charge < -0.3 is 15.2 Å². The molecular formula is C12H17NO2S. The van der Waals surface area contributed by atoms with Crippen molar-refractivity contribution >= 4 is 11.8 Å². The van der Waals surface area contributed by atoms with Gasteiger partial charge in [-0.3, -0.25) is 0 Å². The fourth-order valence-corrected chi connectivity index (χ4v) is 2.87. The third kappa shape index (κ3) is 2.62. The summed E-state index contributed by atoms with van der Waals surface area (Å²) in [7, 11) is 0. The van der Waals surface area contributed by atoms with Crippen molar-refractivity contribution in [2.24, 2.45) is 0 Å². The molecule has 0 aliphatic carbocycles. The number of nitrogens with one attached hydrogen (secondary N) is 1. The number of aromatic hydroxyl groups is 1. The maximum Gasteiger partial charge on any atom is 0.161 e. The molecule has 2 N–H and O–H groups in total. The third-order valence-corrected chi connectivity index (χ3v) is 3.82. The van der Waals surface area contributed by atoms with E-state index in [0.717, 1.165) is 6.54 Å². The van der Waals surface area contributed by atoms with Gasteiger partial charge in [0.1, 0.15) is 0 Å². The minimum Gasteiger partial charge on any atom is -0.504 e. The first-order chi connectivity index (χ1) is 7.81. The van der Waals surface area contributed by atoms with Gasteiger partial charge in [0.25, 0.3) is 0 Å². The number of hydrogen-bond donors (Lipinski definition) is 2. The fraction of sp³-hybridized carbons (Fsp3) is 0.500. The van der Waals surface area contributed by atoms with Crippen LogP contribution in [0.5, 0.6) is 11.5 Å². The molecule has 0 bridgehead atoms. The van der Waals surface area contributed by atoms with Gasteiger partial charge in [-0.25, -0.2) is 0 Å². The van der Waals surface area contributed by atoms with Crippen LogP contribution in [0.1, 0.15) is 24.3 Å². The van der Waals surface area contributed by atoms with Gasteiger partial charge in [-0.05, 0) is 43.3 Å². The lowest BCUT2D eigenvalue weighted by atomic mass is 10.2. The topological polar surface area (TPSA) is 41.5 Å². The van der Waals surface area contributed by atoms with E-state index in [9.17, 15) is 5.11 Å². The highest BCUT2D eigenvalue weighted by Gasteiger charge is 2.16. The zero-order chi connectivity index (χ0) is 11.4. The van der Waals surface area contributed by atoms with Crippen molar-refractivity contribution in [3.05, 3.63) is 23.8 Å². The Balaban J connectivity index is 2.17. The highest BCUT2D eigenvalue weighted by atomic mass is 32.2. The Morgan fingerprint density at radius 1 is 1.56 bits per heavy atom. The number of hydrogen-bond acceptors (Lipinski definition) is 4. The van der Waals surface area contributed by atoms with Crippen LogP contribution in [0.2, 0.25) is 0 Å². The summed E-state index contributed by atoms with van der Waals surface area (Å²) < 4.78 is 5.38. The maximum atomic E-state index is 9.61. The first-order valence-electron chi connectivity index (χ1n) is 5.62. The minimum atomic E-state index is 0.214. The summed E-state index contributed by atoms with van der Waals surface area (Å²) in [6, 6.07) is 5.58. The maximum absolute atomic E-state index is 9.61. The third-order valence-electron chi connectivity index (χ3n) is 2.52. The van der Waals surface area contributed by atoms with Crippen LogP contribution in [0, 0.1) is 0 Å². The summed E-state index contributed by atoms with van der Waals surface area (Å²) in [5.41, 5.74) is 1.17. The lowest BCUT2D eigenvalue weighted by Crippen LogP contribution is -2.25. The van der Waals surface area contributed by atoms with Gasteiger partial charge in [0.15, 0.2) is 11.5 Å². The molecule has 2 rings (SSSR count). The van der Waals surface area contributed by atoms with Crippen LogP contribution in [0.4, 0.5) is 0 Å². The number of rotatable bonds is 3. The lowest BCUT2D eigenvalue weighted by Gasteiger charge is -2.23. The molecule has 1 aromatic rings. The Bertz CT molecular complexity index is 351. The zero-order valence-electron chi connectivity index (χ0n) is 9.40. The van der Waals surface area contributed by atoms with Gasteiger partial charge >= 0.3 is 0 Å². The van der Waals surface area contributed by atoms with E-state index in [4.69, 9.17) is 4.74 Å². The van der Waals surface area contributed by atoms with Gasteiger partial charge in [0.2, 0.25) is 0 Å². The molecule has 3 nitrogen and oxygen atoms in total. The molecule has 1 aromatic carbocycles. The number of benzene rings is 1. The van der Waals surface area contributed by atoms with E-state index in [-0.39, 0.29) is 5.75 Å². The molecule has 1 heterocycles. The molecule has 0 amide bonds. The molecular weight excluding hydrogens is 222 g/mol. The molecule has 1 aliphatic heterocycles. The van der Waals surface area contributed by atoms with Crippen molar-refractivity contribution in [1.82, 2.24) is 5.32 Å². The predicted molar refractivity (Wildman–Crippen MR) is 67.1 cm³/mol. The van der Waals surface area contributed by atoms with Gasteiger partial charge in [-0.1, -0.05) is 6.07 Å². The zero-order valence-corrected chi connectivity index (χ0v) is 10.2. The SMILES string of the molecule is CCOc1cc(C2NCCCS2)ccc1O. The molecule has 1 saturated heterocycles. The summed E-state index contributed by atoms with van der Waals surface area (Å²) >= 11 is 1.90. The quantitative estimate of drug-likeness (QED) is 0.850. The second-order valence-corrected chi connectivity index (χ2v) is 4.93. The van der Waals surface area contributed by atoms with Crippen LogP contribution in [0.3, 0.4) is 0 Å². The smallest absolute Gasteiger partial charge is 0.161 e. The van der Waals surface area contributed by atoms with Gasteiger partial charge in [-0.2, -0.15) is 0 Å². The Labute approximate surface area is 100 Å². The molecule has 88 valence electrons. The van der Waals surface area contributed by atoms with Crippen molar-refractivity contribution in [3.8, 4) is 11.5 Å². The van der Waals surface area contributed by atoms with Crippen molar-refractivity contribution < 1.29 is 9.84 Å². The highest BCUT2D eigenvalue weighted by molar-refractivity contribution is 7.99. The predicted octanol–water partition coefficient (Wildman–Crippen LogP) is 2.52. The van der Waals surface area contributed by atoms with Gasteiger partial charge in [0.05, 0.1) is 12.0 Å². The number of phenols is 1. The van der Waals surface area contributed by atoms with Gasteiger partial charge in [-0.15, -0.1) is 11.8 Å². The van der Waals surface area contributed by atoms with E-state index in [0.29, 0.717) is 17.7 Å². The molecule has 1 aliphatic rings. The van der Waals surface area contributed by atoms with Crippen LogP contribution >= 0.6 is 11.8 Å². The summed E-state index contributed by atoms with van der Waals surface area (Å²) in [5.74, 6) is 1.97. The molecule has 0 spiro atoms. The fourth-order valence-electron chi connectivity index (χ4n) is 1.74. The number of ether oxygens (including phenoxy) is 1. The number of thioether (sulfide) groups is 1. The monoisotopic (exact) mass is 239 g/mol. The molecule has 1 unspecified atom stereocenters. The minimum absolute atomic E-state index is 0.214. The molecule has 16 heavy (non-hydrogen) atoms. The van der Waals surface area contributed by atoms with Crippen molar-refractivity contribution in [2.75, 3.05) is 18.9 Å². The highest BCUT2D eigenvalue weighted by Crippen LogP contribution is 2.34. The Morgan fingerprint density at radius 2 is 2.44 bits per heavy atom. The van der Waals surface area contributed by atoms with Crippen molar-refractivity contribution in [3.63, 3.8) is 0 Å². The Morgan fingerprint density at radius 3 is 3.12 bits per heavy atom. The molecule has 0 radical (unpaired) electrons. The molecule has 1 atom stereocenters. The second kappa shape index (κ2) is 5.46. The van der Waals surface area contributed by atoms with Crippen molar-refractivity contribution in [1.29, 1.82) is 0 Å². The largest absolute Gasteiger partial charge is 0.504 e.